The van der Waals surface area contributed by atoms with Crippen LogP contribution in [0.15, 0.2) is 85.2 Å². The van der Waals surface area contributed by atoms with Gasteiger partial charge in [0.2, 0.25) is 0 Å². The van der Waals surface area contributed by atoms with Crippen LogP contribution in [0.3, 0.4) is 0 Å². The maximum atomic E-state index is 12.5. The third-order valence-electron chi connectivity index (χ3n) is 4.36. The van der Waals surface area contributed by atoms with Gasteiger partial charge in [-0.15, -0.1) is 0 Å². The van der Waals surface area contributed by atoms with E-state index in [9.17, 15) is 4.79 Å². The largest absolute Gasteiger partial charge is 0.348 e. The third kappa shape index (κ3) is 3.64. The summed E-state index contributed by atoms with van der Waals surface area (Å²) in [6, 6.07) is 24.0. The number of carbonyl (C=O) groups excluding carboxylic acids is 1. The molecule has 0 bridgehead atoms. The molecule has 0 spiro atoms. The lowest BCUT2D eigenvalue weighted by atomic mass is 10.1. The Hall–Kier alpha value is -3.40. The zero-order valence-corrected chi connectivity index (χ0v) is 14.3. The van der Waals surface area contributed by atoms with Crippen molar-refractivity contribution in [2.75, 3.05) is 0 Å². The van der Waals surface area contributed by atoms with Crippen LogP contribution in [0.2, 0.25) is 0 Å². The predicted octanol–water partition coefficient (Wildman–Crippen LogP) is 4.01. The minimum Gasteiger partial charge on any atom is -0.348 e. The van der Waals surface area contributed by atoms with Crippen molar-refractivity contribution in [1.29, 1.82) is 0 Å². The molecule has 1 amide bonds. The Kier molecular flexibility index (Phi) is 4.48. The van der Waals surface area contributed by atoms with Gasteiger partial charge >= 0.3 is 0 Å². The lowest BCUT2D eigenvalue weighted by Gasteiger charge is -2.08. The van der Waals surface area contributed by atoms with Crippen LogP contribution in [-0.4, -0.2) is 15.7 Å². The molecule has 4 heteroatoms. The van der Waals surface area contributed by atoms with Gasteiger partial charge in [0.05, 0.1) is 6.54 Å². The number of benzene rings is 3. The predicted molar refractivity (Wildman–Crippen MR) is 103 cm³/mol. The van der Waals surface area contributed by atoms with Gasteiger partial charge in [-0.3, -0.25) is 9.48 Å². The van der Waals surface area contributed by atoms with Crippen LogP contribution in [0.4, 0.5) is 0 Å². The summed E-state index contributed by atoms with van der Waals surface area (Å²) in [5.74, 6) is -0.0690. The van der Waals surface area contributed by atoms with Crippen LogP contribution in [0.25, 0.3) is 10.8 Å². The molecule has 0 aliphatic carbocycles. The fourth-order valence-electron chi connectivity index (χ4n) is 3.03. The number of rotatable bonds is 5. The van der Waals surface area contributed by atoms with Crippen molar-refractivity contribution in [1.82, 2.24) is 15.1 Å². The summed E-state index contributed by atoms with van der Waals surface area (Å²) in [6.07, 6.45) is 3.66. The monoisotopic (exact) mass is 341 g/mol. The molecule has 0 aliphatic rings. The quantitative estimate of drug-likeness (QED) is 0.596. The number of amides is 1. The molecular formula is C22H19N3O. The summed E-state index contributed by atoms with van der Waals surface area (Å²) < 4.78 is 1.84. The van der Waals surface area contributed by atoms with Gasteiger partial charge in [-0.05, 0) is 46.2 Å². The zero-order valence-electron chi connectivity index (χ0n) is 14.3. The molecule has 0 atom stereocenters. The number of hydrogen-bond acceptors (Lipinski definition) is 2. The molecule has 4 aromatic rings. The number of nitrogens with one attached hydrogen (secondary N) is 1. The minimum absolute atomic E-state index is 0.0690. The second kappa shape index (κ2) is 7.23. The smallest absolute Gasteiger partial charge is 0.251 e. The Morgan fingerprint density at radius 1 is 0.885 bits per heavy atom. The first kappa shape index (κ1) is 16.1. The van der Waals surface area contributed by atoms with Crippen LogP contribution in [0, 0.1) is 0 Å². The Morgan fingerprint density at radius 3 is 2.62 bits per heavy atom. The first-order chi connectivity index (χ1) is 12.8. The normalized spacial score (nSPS) is 10.8. The molecule has 4 nitrogen and oxygen atoms in total. The summed E-state index contributed by atoms with van der Waals surface area (Å²) in [5, 5.41) is 9.59. The lowest BCUT2D eigenvalue weighted by molar-refractivity contribution is 0.0951. The third-order valence-corrected chi connectivity index (χ3v) is 4.36. The minimum atomic E-state index is -0.0690. The van der Waals surface area contributed by atoms with Crippen LogP contribution >= 0.6 is 0 Å². The van der Waals surface area contributed by atoms with Gasteiger partial charge in [0.1, 0.15) is 0 Å². The average Bonchev–Trinajstić information content (AvgIpc) is 3.19. The highest BCUT2D eigenvalue weighted by molar-refractivity contribution is 5.94. The van der Waals surface area contributed by atoms with Crippen LogP contribution < -0.4 is 5.32 Å². The Morgan fingerprint density at radius 2 is 1.77 bits per heavy atom. The molecule has 1 N–H and O–H groups in total. The van der Waals surface area contributed by atoms with Crippen LogP contribution in [-0.2, 0) is 13.1 Å². The molecule has 0 saturated heterocycles. The molecule has 0 aliphatic heterocycles. The number of nitrogens with zero attached hydrogens (tertiary/aromatic N) is 2. The number of aromatic nitrogens is 2. The number of fused-ring (bicyclic) bond motifs is 1. The van der Waals surface area contributed by atoms with Gasteiger partial charge in [0, 0.05) is 24.5 Å². The SMILES string of the molecule is O=C(NCc1ccc2ccccc2c1)c1cccc(Cn2cccn2)c1. The van der Waals surface area contributed by atoms with Crippen molar-refractivity contribution in [3.8, 4) is 0 Å². The standard InChI is InChI=1S/C22H19N3O/c26-22(21-8-3-5-18(14-21)16-25-12-4-11-24-25)23-15-17-9-10-19-6-1-2-7-20(19)13-17/h1-14H,15-16H2,(H,23,26). The summed E-state index contributed by atoms with van der Waals surface area (Å²) >= 11 is 0. The van der Waals surface area contributed by atoms with E-state index in [4.69, 9.17) is 0 Å². The molecule has 3 aromatic carbocycles. The summed E-state index contributed by atoms with van der Waals surface area (Å²) in [6.45, 7) is 1.16. The molecule has 0 fully saturated rings. The first-order valence-corrected chi connectivity index (χ1v) is 8.60. The van der Waals surface area contributed by atoms with E-state index in [1.165, 1.54) is 10.8 Å². The fourth-order valence-corrected chi connectivity index (χ4v) is 3.03. The second-order valence-electron chi connectivity index (χ2n) is 6.27. The molecule has 1 aromatic heterocycles. The average molecular weight is 341 g/mol. The maximum absolute atomic E-state index is 12.5. The van der Waals surface area contributed by atoms with Gasteiger partial charge in [-0.1, -0.05) is 48.5 Å². The van der Waals surface area contributed by atoms with E-state index in [1.54, 1.807) is 6.20 Å². The van der Waals surface area contributed by atoms with E-state index in [1.807, 2.05) is 53.3 Å². The highest BCUT2D eigenvalue weighted by Gasteiger charge is 2.07. The van der Waals surface area contributed by atoms with Gasteiger partial charge in [0.25, 0.3) is 5.91 Å². The van der Waals surface area contributed by atoms with Crippen molar-refractivity contribution in [2.45, 2.75) is 13.1 Å². The molecule has 0 unspecified atom stereocenters. The Labute approximate surface area is 152 Å². The van der Waals surface area contributed by atoms with E-state index < -0.39 is 0 Å². The van der Waals surface area contributed by atoms with E-state index in [2.05, 4.69) is 40.7 Å². The van der Waals surface area contributed by atoms with E-state index >= 15 is 0 Å². The van der Waals surface area contributed by atoms with E-state index in [0.29, 0.717) is 18.7 Å². The fraction of sp³-hybridized carbons (Fsp3) is 0.0909. The van der Waals surface area contributed by atoms with Gasteiger partial charge < -0.3 is 5.32 Å². The van der Waals surface area contributed by atoms with Crippen molar-refractivity contribution in [3.05, 3.63) is 102 Å². The molecule has 26 heavy (non-hydrogen) atoms. The van der Waals surface area contributed by atoms with Gasteiger partial charge in [0.15, 0.2) is 0 Å². The molecule has 0 saturated carbocycles. The van der Waals surface area contributed by atoms with Gasteiger partial charge in [-0.2, -0.15) is 5.10 Å². The van der Waals surface area contributed by atoms with Crippen molar-refractivity contribution < 1.29 is 4.79 Å². The lowest BCUT2D eigenvalue weighted by Crippen LogP contribution is -2.22. The Bertz CT molecular complexity index is 1040. The van der Waals surface area contributed by atoms with E-state index in [-0.39, 0.29) is 5.91 Å². The highest BCUT2D eigenvalue weighted by Crippen LogP contribution is 2.15. The highest BCUT2D eigenvalue weighted by atomic mass is 16.1. The molecule has 128 valence electrons. The second-order valence-corrected chi connectivity index (χ2v) is 6.27. The summed E-state index contributed by atoms with van der Waals surface area (Å²) in [7, 11) is 0. The van der Waals surface area contributed by atoms with E-state index in [0.717, 1.165) is 11.1 Å². The van der Waals surface area contributed by atoms with Gasteiger partial charge in [-0.25, -0.2) is 0 Å². The van der Waals surface area contributed by atoms with Crippen molar-refractivity contribution in [2.24, 2.45) is 0 Å². The molecule has 0 radical (unpaired) electrons. The van der Waals surface area contributed by atoms with Crippen molar-refractivity contribution in [3.63, 3.8) is 0 Å². The van der Waals surface area contributed by atoms with Crippen molar-refractivity contribution >= 4 is 16.7 Å². The molecular weight excluding hydrogens is 322 g/mol. The number of carbonyl (C=O) groups is 1. The summed E-state index contributed by atoms with van der Waals surface area (Å²) in [5.41, 5.74) is 2.80. The molecule has 4 rings (SSSR count). The number of hydrogen-bond donors (Lipinski definition) is 1. The maximum Gasteiger partial charge on any atom is 0.251 e. The summed E-state index contributed by atoms with van der Waals surface area (Å²) in [4.78, 5) is 12.5. The zero-order chi connectivity index (χ0) is 17.8. The topological polar surface area (TPSA) is 46.9 Å². The van der Waals surface area contributed by atoms with Crippen LogP contribution in [0.5, 0.6) is 0 Å². The first-order valence-electron chi connectivity index (χ1n) is 8.60. The molecule has 1 heterocycles. The van der Waals surface area contributed by atoms with Crippen LogP contribution in [0.1, 0.15) is 21.5 Å². The Balaban J connectivity index is 1.44.